The van der Waals surface area contributed by atoms with Gasteiger partial charge in [0.15, 0.2) is 5.76 Å². The van der Waals surface area contributed by atoms with Crippen LogP contribution in [0.1, 0.15) is 54.8 Å². The second-order valence-corrected chi connectivity index (χ2v) is 7.35. The summed E-state index contributed by atoms with van der Waals surface area (Å²) in [6.45, 7) is 2.37. The topological polar surface area (TPSA) is 109 Å². The van der Waals surface area contributed by atoms with Crippen LogP contribution in [0.5, 0.6) is 5.75 Å². The van der Waals surface area contributed by atoms with Gasteiger partial charge in [0, 0.05) is 29.8 Å². The number of phenolic OH excluding ortho intramolecular Hbond substituents is 1. The van der Waals surface area contributed by atoms with E-state index in [-0.39, 0.29) is 23.5 Å². The smallest absolute Gasteiger partial charge is 0.342 e. The largest absolute Gasteiger partial charge is 0.507 e. The zero-order chi connectivity index (χ0) is 21.1. The fraction of sp³-hybridized carbons (Fsp3) is 0.318. The number of nitrogens with one attached hydrogen (secondary N) is 2. The summed E-state index contributed by atoms with van der Waals surface area (Å²) >= 11 is 0. The fourth-order valence-corrected chi connectivity index (χ4v) is 3.85. The summed E-state index contributed by atoms with van der Waals surface area (Å²) in [5, 5.41) is 20.5. The average molecular weight is 408 g/mol. The highest BCUT2D eigenvalue weighted by Gasteiger charge is 2.25. The highest BCUT2D eigenvalue weighted by Crippen LogP contribution is 2.37. The second-order valence-electron chi connectivity index (χ2n) is 7.35. The predicted molar refractivity (Wildman–Crippen MR) is 112 cm³/mol. The number of nitrogens with zero attached hydrogens (tertiary/aromatic N) is 2. The Hall–Kier alpha value is -3.55. The lowest BCUT2D eigenvalue weighted by Crippen LogP contribution is -2.30. The first kappa shape index (κ1) is 19.8. The van der Waals surface area contributed by atoms with Crippen LogP contribution >= 0.6 is 0 Å². The van der Waals surface area contributed by atoms with Crippen LogP contribution < -0.4 is 10.6 Å². The first-order valence-corrected chi connectivity index (χ1v) is 10.1. The molecule has 1 fully saturated rings. The molecule has 1 aliphatic rings. The Labute approximate surface area is 173 Å². The number of carbonyl (C=O) groups is 2. The molecule has 0 atom stereocenters. The van der Waals surface area contributed by atoms with Gasteiger partial charge in [-0.2, -0.15) is 9.78 Å². The van der Waals surface area contributed by atoms with E-state index in [0.717, 1.165) is 31.4 Å². The molecule has 8 heteroatoms. The van der Waals surface area contributed by atoms with E-state index in [2.05, 4.69) is 15.7 Å². The third-order valence-electron chi connectivity index (χ3n) is 5.31. The summed E-state index contributed by atoms with van der Waals surface area (Å²) in [6.07, 6.45) is 5.73. The lowest BCUT2D eigenvalue weighted by molar-refractivity contribution is 0.0996. The van der Waals surface area contributed by atoms with Gasteiger partial charge in [0.05, 0.1) is 17.7 Å². The van der Waals surface area contributed by atoms with E-state index < -0.39 is 5.91 Å². The predicted octanol–water partition coefficient (Wildman–Crippen LogP) is 4.34. The van der Waals surface area contributed by atoms with E-state index in [0.29, 0.717) is 23.5 Å². The van der Waals surface area contributed by atoms with Crippen LogP contribution in [0.3, 0.4) is 0 Å². The van der Waals surface area contributed by atoms with Gasteiger partial charge in [0.25, 0.3) is 5.91 Å². The third-order valence-corrected chi connectivity index (χ3v) is 5.31. The molecule has 3 N–H and O–H groups in total. The van der Waals surface area contributed by atoms with Crippen molar-refractivity contribution in [3.05, 3.63) is 54.1 Å². The minimum absolute atomic E-state index is 0.0363. The van der Waals surface area contributed by atoms with Crippen LogP contribution in [0.15, 0.2) is 47.1 Å². The van der Waals surface area contributed by atoms with Crippen LogP contribution in [0, 0.1) is 0 Å². The number of carbonyl (C=O) groups excluding carboxylic acids is 2. The van der Waals surface area contributed by atoms with Gasteiger partial charge in [0.1, 0.15) is 5.75 Å². The molecule has 30 heavy (non-hydrogen) atoms. The van der Waals surface area contributed by atoms with Crippen molar-refractivity contribution in [2.75, 3.05) is 11.9 Å². The fourth-order valence-electron chi connectivity index (χ4n) is 3.85. The zero-order valence-corrected chi connectivity index (χ0v) is 16.7. The number of furan rings is 1. The van der Waals surface area contributed by atoms with Crippen molar-refractivity contribution < 1.29 is 19.1 Å². The van der Waals surface area contributed by atoms with E-state index in [9.17, 15) is 14.7 Å². The molecule has 0 radical (unpaired) electrons. The van der Waals surface area contributed by atoms with Gasteiger partial charge in [-0.1, -0.05) is 12.8 Å². The molecule has 0 unspecified atom stereocenters. The van der Waals surface area contributed by atoms with Crippen molar-refractivity contribution in [1.82, 2.24) is 15.1 Å². The van der Waals surface area contributed by atoms with Crippen LogP contribution in [0.2, 0.25) is 0 Å². The number of anilines is 1. The van der Waals surface area contributed by atoms with Gasteiger partial charge >= 0.3 is 6.03 Å². The number of phenols is 1. The monoisotopic (exact) mass is 408 g/mol. The maximum atomic E-state index is 12.5. The molecule has 1 aliphatic carbocycles. The summed E-state index contributed by atoms with van der Waals surface area (Å²) in [7, 11) is 0. The molecule has 0 spiro atoms. The van der Waals surface area contributed by atoms with Crippen LogP contribution in [0.4, 0.5) is 10.5 Å². The molecule has 8 nitrogen and oxygen atoms in total. The number of rotatable bonds is 5. The quantitative estimate of drug-likeness (QED) is 0.582. The van der Waals surface area contributed by atoms with Crippen molar-refractivity contribution in [1.29, 1.82) is 0 Å². The van der Waals surface area contributed by atoms with Gasteiger partial charge in [-0.3, -0.25) is 4.79 Å². The Morgan fingerprint density at radius 2 is 2.03 bits per heavy atom. The Bertz CT molecular complexity index is 1050. The van der Waals surface area contributed by atoms with Crippen molar-refractivity contribution in [2.45, 2.75) is 38.5 Å². The standard InChI is InChI=1S/C22H24N4O4/c1-2-23-22(29)26-18(14-6-3-4-7-14)13-17(25-26)16-10-9-15(12-19(16)27)24-21(28)20-8-5-11-30-20/h5,8-14,27H,2-4,6-7H2,1H3,(H,23,29)(H,24,28). The molecule has 156 valence electrons. The van der Waals surface area contributed by atoms with E-state index in [1.807, 2.05) is 13.0 Å². The SMILES string of the molecule is CCNC(=O)n1nc(-c2ccc(NC(=O)c3ccco3)cc2O)cc1C1CCCC1. The van der Waals surface area contributed by atoms with Crippen molar-refractivity contribution in [3.63, 3.8) is 0 Å². The molecule has 0 aliphatic heterocycles. The summed E-state index contributed by atoms with van der Waals surface area (Å²) in [5.41, 5.74) is 2.30. The Kier molecular flexibility index (Phi) is 5.56. The van der Waals surface area contributed by atoms with E-state index in [1.165, 1.54) is 17.0 Å². The number of benzene rings is 1. The number of hydrogen-bond acceptors (Lipinski definition) is 5. The van der Waals surface area contributed by atoms with Crippen molar-refractivity contribution in [2.24, 2.45) is 0 Å². The van der Waals surface area contributed by atoms with Crippen molar-refractivity contribution >= 4 is 17.6 Å². The normalized spacial score (nSPS) is 14.0. The molecular weight excluding hydrogens is 384 g/mol. The van der Waals surface area contributed by atoms with Gasteiger partial charge in [-0.05, 0) is 50.1 Å². The van der Waals surface area contributed by atoms with E-state index in [4.69, 9.17) is 4.42 Å². The summed E-state index contributed by atoms with van der Waals surface area (Å²) in [5.74, 6) is 0.0188. The molecular formula is C22H24N4O4. The number of hydrogen-bond donors (Lipinski definition) is 3. The zero-order valence-electron chi connectivity index (χ0n) is 16.7. The van der Waals surface area contributed by atoms with Crippen molar-refractivity contribution in [3.8, 4) is 17.0 Å². The van der Waals surface area contributed by atoms with Gasteiger partial charge in [-0.15, -0.1) is 0 Å². The van der Waals surface area contributed by atoms with E-state index in [1.54, 1.807) is 24.3 Å². The Balaban J connectivity index is 1.62. The molecule has 0 bridgehead atoms. The second kappa shape index (κ2) is 8.44. The Morgan fingerprint density at radius 1 is 1.23 bits per heavy atom. The lowest BCUT2D eigenvalue weighted by Gasteiger charge is -2.11. The minimum atomic E-state index is -0.406. The third kappa shape index (κ3) is 3.94. The minimum Gasteiger partial charge on any atom is -0.507 e. The van der Waals surface area contributed by atoms with Crippen LogP contribution in [0.25, 0.3) is 11.3 Å². The molecule has 0 saturated heterocycles. The molecule has 2 heterocycles. The molecule has 4 rings (SSSR count). The molecule has 2 amide bonds. The molecule has 2 aromatic heterocycles. The first-order chi connectivity index (χ1) is 14.6. The van der Waals surface area contributed by atoms with Crippen LogP contribution in [-0.2, 0) is 0 Å². The maximum absolute atomic E-state index is 12.5. The van der Waals surface area contributed by atoms with Gasteiger partial charge in [0.2, 0.25) is 0 Å². The average Bonchev–Trinajstić information content (AvgIpc) is 3.48. The number of amides is 2. The first-order valence-electron chi connectivity index (χ1n) is 10.1. The Morgan fingerprint density at radius 3 is 2.70 bits per heavy atom. The van der Waals surface area contributed by atoms with Crippen LogP contribution in [-0.4, -0.2) is 33.4 Å². The summed E-state index contributed by atoms with van der Waals surface area (Å²) in [6, 6.07) is 9.60. The number of aromatic nitrogens is 2. The lowest BCUT2D eigenvalue weighted by atomic mass is 10.0. The molecule has 1 saturated carbocycles. The van der Waals surface area contributed by atoms with E-state index >= 15 is 0 Å². The summed E-state index contributed by atoms with van der Waals surface area (Å²) < 4.78 is 6.49. The van der Waals surface area contributed by atoms with Gasteiger partial charge < -0.3 is 20.2 Å². The molecule has 1 aromatic carbocycles. The maximum Gasteiger partial charge on any atom is 0.342 e. The summed E-state index contributed by atoms with van der Waals surface area (Å²) in [4.78, 5) is 24.6. The highest BCUT2D eigenvalue weighted by atomic mass is 16.3. The highest BCUT2D eigenvalue weighted by molar-refractivity contribution is 6.02. The van der Waals surface area contributed by atoms with Gasteiger partial charge in [-0.25, -0.2) is 4.79 Å². The number of aromatic hydroxyl groups is 1. The molecule has 3 aromatic rings.